The second kappa shape index (κ2) is 6.66. The molecule has 19 heavy (non-hydrogen) atoms. The van der Waals surface area contributed by atoms with Gasteiger partial charge < -0.3 is 10.5 Å². The maximum Gasteiger partial charge on any atom is 0.146 e. The number of rotatable bonds is 4. The Hall–Kier alpha value is -0.680. The van der Waals surface area contributed by atoms with Crippen LogP contribution < -0.4 is 5.73 Å². The highest BCUT2D eigenvalue weighted by molar-refractivity contribution is 6.30. The van der Waals surface area contributed by atoms with Gasteiger partial charge in [-0.05, 0) is 19.0 Å². The fourth-order valence-corrected chi connectivity index (χ4v) is 2.85. The van der Waals surface area contributed by atoms with Crippen molar-refractivity contribution in [1.29, 1.82) is 0 Å². The first-order chi connectivity index (χ1) is 9.19. The first-order valence-corrected chi connectivity index (χ1v) is 7.06. The standard InChI is InChI=1S/C14H20ClFN2O/c1-2-6-18-7-8-19-12(9-17)14(18)10-4-3-5-11(15)13(10)16/h3-5,12,14H,2,6-9,17H2,1H3. The summed E-state index contributed by atoms with van der Waals surface area (Å²) in [6.45, 7) is 4.81. The second-order valence-corrected chi connectivity index (χ2v) is 5.18. The average Bonchev–Trinajstić information content (AvgIpc) is 2.42. The van der Waals surface area contributed by atoms with Gasteiger partial charge in [-0.15, -0.1) is 0 Å². The van der Waals surface area contributed by atoms with Crippen molar-refractivity contribution >= 4 is 11.6 Å². The van der Waals surface area contributed by atoms with Crippen molar-refractivity contribution in [2.45, 2.75) is 25.5 Å². The van der Waals surface area contributed by atoms with Crippen LogP contribution in [0.4, 0.5) is 4.39 Å². The van der Waals surface area contributed by atoms with E-state index in [-0.39, 0.29) is 23.0 Å². The molecule has 3 nitrogen and oxygen atoms in total. The Morgan fingerprint density at radius 3 is 3.00 bits per heavy atom. The highest BCUT2D eigenvalue weighted by Crippen LogP contribution is 2.33. The minimum Gasteiger partial charge on any atom is -0.374 e. The van der Waals surface area contributed by atoms with E-state index in [1.54, 1.807) is 18.2 Å². The molecule has 1 aliphatic rings. The predicted molar refractivity (Wildman–Crippen MR) is 74.8 cm³/mol. The molecule has 106 valence electrons. The van der Waals surface area contributed by atoms with Gasteiger partial charge in [0.1, 0.15) is 5.82 Å². The molecule has 1 fully saturated rings. The fourth-order valence-electron chi connectivity index (χ4n) is 2.67. The van der Waals surface area contributed by atoms with E-state index in [1.807, 2.05) is 0 Å². The van der Waals surface area contributed by atoms with Crippen LogP contribution in [0.25, 0.3) is 0 Å². The van der Waals surface area contributed by atoms with E-state index in [2.05, 4.69) is 11.8 Å². The number of ether oxygens (including phenoxy) is 1. The molecule has 0 saturated carbocycles. The molecule has 2 rings (SSSR count). The predicted octanol–water partition coefficient (Wildman–Crippen LogP) is 2.59. The SMILES string of the molecule is CCCN1CCOC(CN)C1c1cccc(Cl)c1F. The number of hydrogen-bond acceptors (Lipinski definition) is 3. The van der Waals surface area contributed by atoms with Gasteiger partial charge in [-0.2, -0.15) is 0 Å². The van der Waals surface area contributed by atoms with Gasteiger partial charge in [0.15, 0.2) is 0 Å². The third-order valence-corrected chi connectivity index (χ3v) is 3.79. The Morgan fingerprint density at radius 2 is 2.32 bits per heavy atom. The van der Waals surface area contributed by atoms with Crippen LogP contribution >= 0.6 is 11.6 Å². The third-order valence-electron chi connectivity index (χ3n) is 3.50. The summed E-state index contributed by atoms with van der Waals surface area (Å²) in [7, 11) is 0. The maximum absolute atomic E-state index is 14.3. The zero-order chi connectivity index (χ0) is 13.8. The molecule has 1 saturated heterocycles. The Morgan fingerprint density at radius 1 is 1.53 bits per heavy atom. The zero-order valence-corrected chi connectivity index (χ0v) is 11.9. The number of morpholine rings is 1. The van der Waals surface area contributed by atoms with Crippen LogP contribution in [0.15, 0.2) is 18.2 Å². The van der Waals surface area contributed by atoms with Crippen LogP contribution in [0, 0.1) is 5.82 Å². The van der Waals surface area contributed by atoms with E-state index in [9.17, 15) is 4.39 Å². The molecule has 1 heterocycles. The maximum atomic E-state index is 14.3. The van der Waals surface area contributed by atoms with E-state index < -0.39 is 0 Å². The molecule has 0 spiro atoms. The lowest BCUT2D eigenvalue weighted by atomic mass is 9.97. The first-order valence-electron chi connectivity index (χ1n) is 6.68. The molecule has 5 heteroatoms. The lowest BCUT2D eigenvalue weighted by Crippen LogP contribution is -2.48. The summed E-state index contributed by atoms with van der Waals surface area (Å²) in [5, 5.41) is 0.148. The van der Waals surface area contributed by atoms with Crippen molar-refractivity contribution in [3.8, 4) is 0 Å². The highest BCUT2D eigenvalue weighted by atomic mass is 35.5. The highest BCUT2D eigenvalue weighted by Gasteiger charge is 2.34. The largest absolute Gasteiger partial charge is 0.374 e. The van der Waals surface area contributed by atoms with Crippen LogP contribution in [-0.4, -0.2) is 37.2 Å². The Balaban J connectivity index is 2.36. The Kier molecular flexibility index (Phi) is 5.16. The van der Waals surface area contributed by atoms with E-state index in [1.165, 1.54) is 0 Å². The molecular weight excluding hydrogens is 267 g/mol. The van der Waals surface area contributed by atoms with Gasteiger partial charge in [0.25, 0.3) is 0 Å². The van der Waals surface area contributed by atoms with Gasteiger partial charge in [-0.1, -0.05) is 30.7 Å². The number of benzene rings is 1. The summed E-state index contributed by atoms with van der Waals surface area (Å²) in [6, 6.07) is 4.95. The van der Waals surface area contributed by atoms with Crippen molar-refractivity contribution in [3.05, 3.63) is 34.6 Å². The van der Waals surface area contributed by atoms with Crippen molar-refractivity contribution in [3.63, 3.8) is 0 Å². The van der Waals surface area contributed by atoms with Crippen molar-refractivity contribution < 1.29 is 9.13 Å². The molecule has 2 unspecified atom stereocenters. The minimum atomic E-state index is -0.362. The molecule has 1 aliphatic heterocycles. The van der Waals surface area contributed by atoms with Crippen LogP contribution in [-0.2, 0) is 4.74 Å². The van der Waals surface area contributed by atoms with Gasteiger partial charge in [0, 0.05) is 18.7 Å². The Labute approximate surface area is 118 Å². The van der Waals surface area contributed by atoms with Gasteiger partial charge in [0.05, 0.1) is 23.8 Å². The molecule has 0 radical (unpaired) electrons. The third kappa shape index (κ3) is 3.08. The van der Waals surface area contributed by atoms with Crippen LogP contribution in [0.2, 0.25) is 5.02 Å². The van der Waals surface area contributed by atoms with Gasteiger partial charge >= 0.3 is 0 Å². The average molecular weight is 287 g/mol. The van der Waals surface area contributed by atoms with E-state index in [0.29, 0.717) is 18.7 Å². The number of nitrogens with zero attached hydrogens (tertiary/aromatic N) is 1. The summed E-state index contributed by atoms with van der Waals surface area (Å²) in [4.78, 5) is 2.23. The summed E-state index contributed by atoms with van der Waals surface area (Å²) in [6.07, 6.45) is 0.823. The number of halogens is 2. The molecule has 0 amide bonds. The van der Waals surface area contributed by atoms with Crippen molar-refractivity contribution in [2.75, 3.05) is 26.2 Å². The van der Waals surface area contributed by atoms with E-state index in [0.717, 1.165) is 19.5 Å². The molecule has 2 N–H and O–H groups in total. The molecule has 1 aromatic carbocycles. The molecule has 0 aromatic heterocycles. The lowest BCUT2D eigenvalue weighted by molar-refractivity contribution is -0.0686. The van der Waals surface area contributed by atoms with Gasteiger partial charge in [-0.3, -0.25) is 4.90 Å². The van der Waals surface area contributed by atoms with Crippen molar-refractivity contribution in [2.24, 2.45) is 5.73 Å². The molecule has 0 bridgehead atoms. The topological polar surface area (TPSA) is 38.5 Å². The van der Waals surface area contributed by atoms with Crippen LogP contribution in [0.3, 0.4) is 0 Å². The normalized spacial score (nSPS) is 24.6. The van der Waals surface area contributed by atoms with Crippen LogP contribution in [0.5, 0.6) is 0 Å². The molecular formula is C14H20ClFN2O. The fraction of sp³-hybridized carbons (Fsp3) is 0.571. The Bertz CT molecular complexity index is 428. The summed E-state index contributed by atoms with van der Waals surface area (Å²) < 4.78 is 19.9. The van der Waals surface area contributed by atoms with E-state index in [4.69, 9.17) is 22.1 Å². The number of hydrogen-bond donors (Lipinski definition) is 1. The van der Waals surface area contributed by atoms with Gasteiger partial charge in [-0.25, -0.2) is 4.39 Å². The summed E-state index contributed by atoms with van der Waals surface area (Å²) >= 11 is 5.88. The lowest BCUT2D eigenvalue weighted by Gasteiger charge is -2.41. The minimum absolute atomic E-state index is 0.148. The van der Waals surface area contributed by atoms with Gasteiger partial charge in [0.2, 0.25) is 0 Å². The molecule has 2 atom stereocenters. The molecule has 1 aromatic rings. The summed E-state index contributed by atoms with van der Waals surface area (Å²) in [5.41, 5.74) is 6.35. The first kappa shape index (κ1) is 14.7. The van der Waals surface area contributed by atoms with E-state index >= 15 is 0 Å². The quantitative estimate of drug-likeness (QED) is 0.925. The number of nitrogens with two attached hydrogens (primary N) is 1. The molecule has 0 aliphatic carbocycles. The monoisotopic (exact) mass is 286 g/mol. The zero-order valence-electron chi connectivity index (χ0n) is 11.1. The van der Waals surface area contributed by atoms with Crippen LogP contribution in [0.1, 0.15) is 24.9 Å². The summed E-state index contributed by atoms with van der Waals surface area (Å²) in [5.74, 6) is -0.362. The second-order valence-electron chi connectivity index (χ2n) is 4.77. The smallest absolute Gasteiger partial charge is 0.146 e. The van der Waals surface area contributed by atoms with Crippen molar-refractivity contribution in [1.82, 2.24) is 4.90 Å².